The molecule has 0 spiro atoms. The molecule has 0 aliphatic rings. The zero-order valence-electron chi connectivity index (χ0n) is 10.2. The van der Waals surface area contributed by atoms with E-state index in [2.05, 4.69) is 0 Å². The lowest BCUT2D eigenvalue weighted by molar-refractivity contribution is 0.0717. The van der Waals surface area contributed by atoms with Crippen molar-refractivity contribution in [1.29, 1.82) is 0 Å². The van der Waals surface area contributed by atoms with Gasteiger partial charge in [0, 0.05) is 24.7 Å². The van der Waals surface area contributed by atoms with Gasteiger partial charge in [0.2, 0.25) is 0 Å². The Balaban J connectivity index is 2.86. The van der Waals surface area contributed by atoms with Crippen molar-refractivity contribution in [3.05, 3.63) is 35.4 Å². The van der Waals surface area contributed by atoms with Gasteiger partial charge in [0.15, 0.2) is 0 Å². The first-order valence-corrected chi connectivity index (χ1v) is 5.70. The molecule has 0 radical (unpaired) electrons. The van der Waals surface area contributed by atoms with Crippen LogP contribution >= 0.6 is 0 Å². The minimum absolute atomic E-state index is 0.0843. The Hall–Kier alpha value is -1.35. The Bertz CT molecular complexity index is 343. The van der Waals surface area contributed by atoms with Crippen LogP contribution in [0.5, 0.6) is 0 Å². The first kappa shape index (κ1) is 12.7. The van der Waals surface area contributed by atoms with E-state index in [1.54, 1.807) is 0 Å². The predicted octanol–water partition coefficient (Wildman–Crippen LogP) is 2.02. The third-order valence-corrected chi connectivity index (χ3v) is 2.66. The molecule has 3 nitrogen and oxygen atoms in total. The van der Waals surface area contributed by atoms with Crippen molar-refractivity contribution in [1.82, 2.24) is 4.90 Å². The van der Waals surface area contributed by atoms with E-state index < -0.39 is 0 Å². The van der Waals surface area contributed by atoms with Crippen LogP contribution in [0.1, 0.15) is 36.7 Å². The van der Waals surface area contributed by atoms with E-state index in [9.17, 15) is 4.79 Å². The maximum absolute atomic E-state index is 12.1. The first-order chi connectivity index (χ1) is 7.60. The van der Waals surface area contributed by atoms with E-state index in [0.717, 1.165) is 17.7 Å². The molecule has 0 saturated carbocycles. The molecule has 1 rings (SSSR count). The fraction of sp³-hybridized carbons (Fsp3) is 0.462. The summed E-state index contributed by atoms with van der Waals surface area (Å²) in [6.07, 6.45) is 0. The number of hydrogen-bond acceptors (Lipinski definition) is 2. The van der Waals surface area contributed by atoms with E-state index in [1.165, 1.54) is 0 Å². The number of nitrogens with two attached hydrogens (primary N) is 1. The number of nitrogens with zero attached hydrogens (tertiary/aromatic N) is 1. The molecule has 0 fully saturated rings. The second-order valence-corrected chi connectivity index (χ2v) is 4.09. The third-order valence-electron chi connectivity index (χ3n) is 2.66. The average Bonchev–Trinajstić information content (AvgIpc) is 2.29. The molecular weight excluding hydrogens is 200 g/mol. The average molecular weight is 220 g/mol. The molecule has 0 saturated heterocycles. The molecule has 0 bridgehead atoms. The first-order valence-electron chi connectivity index (χ1n) is 5.70. The van der Waals surface area contributed by atoms with Crippen molar-refractivity contribution in [3.8, 4) is 0 Å². The molecule has 0 aliphatic carbocycles. The highest BCUT2D eigenvalue weighted by Crippen LogP contribution is 2.09. The van der Waals surface area contributed by atoms with E-state index in [0.29, 0.717) is 6.54 Å². The Labute approximate surface area is 97.2 Å². The Morgan fingerprint density at radius 1 is 1.31 bits per heavy atom. The van der Waals surface area contributed by atoms with Crippen molar-refractivity contribution < 1.29 is 4.79 Å². The van der Waals surface area contributed by atoms with Crippen LogP contribution in [-0.4, -0.2) is 23.4 Å². The number of carbonyl (C=O) groups is 1. The molecule has 2 N–H and O–H groups in total. The summed E-state index contributed by atoms with van der Waals surface area (Å²) in [5.41, 5.74) is 7.29. The van der Waals surface area contributed by atoms with Gasteiger partial charge in [-0.2, -0.15) is 0 Å². The van der Waals surface area contributed by atoms with Crippen LogP contribution in [0.3, 0.4) is 0 Å². The highest BCUT2D eigenvalue weighted by molar-refractivity contribution is 5.94. The second-order valence-electron chi connectivity index (χ2n) is 4.09. The van der Waals surface area contributed by atoms with Crippen LogP contribution in [0.25, 0.3) is 0 Å². The number of carbonyl (C=O) groups excluding carboxylic acids is 1. The standard InChI is InChI=1S/C13H20N2O/c1-4-15(10(2)3)13(16)12-7-5-11(9-14)6-8-12/h5-8,10H,4,9,14H2,1-3H3. The lowest BCUT2D eigenvalue weighted by atomic mass is 10.1. The summed E-state index contributed by atoms with van der Waals surface area (Å²) in [6.45, 7) is 7.28. The molecule has 3 heteroatoms. The maximum Gasteiger partial charge on any atom is 0.254 e. The van der Waals surface area contributed by atoms with Gasteiger partial charge in [-0.05, 0) is 38.5 Å². The molecule has 88 valence electrons. The number of amides is 1. The molecule has 1 amide bonds. The lowest BCUT2D eigenvalue weighted by Gasteiger charge is -2.25. The van der Waals surface area contributed by atoms with Gasteiger partial charge >= 0.3 is 0 Å². The molecule has 0 unspecified atom stereocenters. The van der Waals surface area contributed by atoms with Gasteiger partial charge in [-0.3, -0.25) is 4.79 Å². The topological polar surface area (TPSA) is 46.3 Å². The van der Waals surface area contributed by atoms with Crippen molar-refractivity contribution in [3.63, 3.8) is 0 Å². The molecule has 1 aromatic carbocycles. The van der Waals surface area contributed by atoms with Crippen molar-refractivity contribution in [2.24, 2.45) is 5.73 Å². The van der Waals surface area contributed by atoms with Crippen molar-refractivity contribution in [2.45, 2.75) is 33.4 Å². The second kappa shape index (κ2) is 5.66. The molecule has 1 aromatic rings. The number of hydrogen-bond donors (Lipinski definition) is 1. The Kier molecular flexibility index (Phi) is 4.50. The Morgan fingerprint density at radius 3 is 2.25 bits per heavy atom. The van der Waals surface area contributed by atoms with Crippen LogP contribution < -0.4 is 5.73 Å². The van der Waals surface area contributed by atoms with Crippen molar-refractivity contribution >= 4 is 5.91 Å². The summed E-state index contributed by atoms with van der Waals surface area (Å²) in [6, 6.07) is 7.72. The molecular formula is C13H20N2O. The van der Waals surface area contributed by atoms with Gasteiger partial charge in [0.25, 0.3) is 5.91 Å². The minimum Gasteiger partial charge on any atom is -0.337 e. The number of benzene rings is 1. The summed E-state index contributed by atoms with van der Waals surface area (Å²) < 4.78 is 0. The largest absolute Gasteiger partial charge is 0.337 e. The van der Waals surface area contributed by atoms with E-state index in [1.807, 2.05) is 49.9 Å². The fourth-order valence-electron chi connectivity index (χ4n) is 1.69. The van der Waals surface area contributed by atoms with Crippen LogP contribution in [0.2, 0.25) is 0 Å². The van der Waals surface area contributed by atoms with E-state index >= 15 is 0 Å². The zero-order valence-corrected chi connectivity index (χ0v) is 10.2. The van der Waals surface area contributed by atoms with Gasteiger partial charge in [-0.25, -0.2) is 0 Å². The number of rotatable bonds is 4. The highest BCUT2D eigenvalue weighted by Gasteiger charge is 2.16. The SMILES string of the molecule is CCN(C(=O)c1ccc(CN)cc1)C(C)C. The summed E-state index contributed by atoms with van der Waals surface area (Å²) >= 11 is 0. The molecule has 16 heavy (non-hydrogen) atoms. The fourth-order valence-corrected chi connectivity index (χ4v) is 1.69. The quantitative estimate of drug-likeness (QED) is 0.843. The van der Waals surface area contributed by atoms with Gasteiger partial charge in [-0.1, -0.05) is 12.1 Å². The van der Waals surface area contributed by atoms with Gasteiger partial charge in [0.1, 0.15) is 0 Å². The van der Waals surface area contributed by atoms with Gasteiger partial charge in [0.05, 0.1) is 0 Å². The lowest BCUT2D eigenvalue weighted by Crippen LogP contribution is -2.36. The monoisotopic (exact) mass is 220 g/mol. The zero-order chi connectivity index (χ0) is 12.1. The van der Waals surface area contributed by atoms with Crippen LogP contribution in [-0.2, 0) is 6.54 Å². The van der Waals surface area contributed by atoms with E-state index in [4.69, 9.17) is 5.73 Å². The normalized spacial score (nSPS) is 10.6. The van der Waals surface area contributed by atoms with Gasteiger partial charge < -0.3 is 10.6 Å². The summed E-state index contributed by atoms with van der Waals surface area (Å²) in [4.78, 5) is 14.0. The predicted molar refractivity (Wildman–Crippen MR) is 66.2 cm³/mol. The third kappa shape index (κ3) is 2.83. The summed E-state index contributed by atoms with van der Waals surface area (Å²) in [5.74, 6) is 0.0843. The van der Waals surface area contributed by atoms with Crippen LogP contribution in [0.4, 0.5) is 0 Å². The Morgan fingerprint density at radius 2 is 1.88 bits per heavy atom. The molecule has 0 aromatic heterocycles. The molecule has 0 atom stereocenters. The van der Waals surface area contributed by atoms with Gasteiger partial charge in [-0.15, -0.1) is 0 Å². The summed E-state index contributed by atoms with van der Waals surface area (Å²) in [5, 5.41) is 0. The van der Waals surface area contributed by atoms with E-state index in [-0.39, 0.29) is 11.9 Å². The highest BCUT2D eigenvalue weighted by atomic mass is 16.2. The molecule has 0 heterocycles. The maximum atomic E-state index is 12.1. The van der Waals surface area contributed by atoms with Crippen molar-refractivity contribution in [2.75, 3.05) is 6.54 Å². The smallest absolute Gasteiger partial charge is 0.254 e. The minimum atomic E-state index is 0.0843. The van der Waals surface area contributed by atoms with Crippen LogP contribution in [0, 0.1) is 0 Å². The van der Waals surface area contributed by atoms with Crippen LogP contribution in [0.15, 0.2) is 24.3 Å². The molecule has 0 aliphatic heterocycles. The summed E-state index contributed by atoms with van der Waals surface area (Å²) in [7, 11) is 0.